The monoisotopic (exact) mass is 390 g/mol. The van der Waals surface area contributed by atoms with Gasteiger partial charge in [0.15, 0.2) is 0 Å². The first-order chi connectivity index (χ1) is 12.1. The third kappa shape index (κ3) is 6.32. The van der Waals surface area contributed by atoms with Gasteiger partial charge in [-0.2, -0.15) is 0 Å². The third-order valence-corrected chi connectivity index (χ3v) is 5.32. The van der Waals surface area contributed by atoms with Crippen molar-refractivity contribution in [1.82, 2.24) is 10.2 Å². The van der Waals surface area contributed by atoms with Gasteiger partial charge in [-0.3, -0.25) is 14.7 Å². The Morgan fingerprint density at radius 2 is 2.20 bits per heavy atom. The number of thiol groups is 1. The van der Waals surface area contributed by atoms with E-state index in [2.05, 4.69) is 4.72 Å². The second-order valence-electron chi connectivity index (χ2n) is 5.44. The SMILES string of the molecule is COc1c(Cl)cccc1/C=C1/N[SH](CCCCCCC(=O)NO)OO1. The number of unbranched alkanes of at least 4 members (excludes halogenated alkanes) is 3. The molecule has 0 saturated carbocycles. The fraction of sp³-hybridized carbons (Fsp3) is 0.438. The van der Waals surface area contributed by atoms with Gasteiger partial charge >= 0.3 is 0 Å². The van der Waals surface area contributed by atoms with Crippen LogP contribution >= 0.6 is 23.0 Å². The van der Waals surface area contributed by atoms with Crippen LogP contribution in [0.25, 0.3) is 6.08 Å². The molecule has 1 aromatic rings. The molecule has 1 aliphatic rings. The Balaban J connectivity index is 1.73. The summed E-state index contributed by atoms with van der Waals surface area (Å²) in [7, 11) is 1.57. The van der Waals surface area contributed by atoms with Gasteiger partial charge in [0.05, 0.1) is 12.1 Å². The minimum Gasteiger partial charge on any atom is -0.495 e. The van der Waals surface area contributed by atoms with Crippen LogP contribution in [0, 0.1) is 0 Å². The molecule has 1 atom stereocenters. The first-order valence-electron chi connectivity index (χ1n) is 8.00. The third-order valence-electron chi connectivity index (χ3n) is 3.58. The molecule has 25 heavy (non-hydrogen) atoms. The number of hydrogen-bond acceptors (Lipinski definition) is 6. The van der Waals surface area contributed by atoms with E-state index in [1.165, 1.54) is 0 Å². The van der Waals surface area contributed by atoms with Crippen molar-refractivity contribution in [2.24, 2.45) is 0 Å². The zero-order valence-electron chi connectivity index (χ0n) is 14.0. The molecule has 0 radical (unpaired) electrons. The molecule has 1 aromatic carbocycles. The molecule has 1 fully saturated rings. The number of nitrogens with one attached hydrogen (secondary N) is 2. The molecule has 1 aliphatic heterocycles. The number of benzene rings is 1. The Morgan fingerprint density at radius 3 is 2.96 bits per heavy atom. The number of rotatable bonds is 9. The van der Waals surface area contributed by atoms with Gasteiger partial charge < -0.3 is 9.62 Å². The van der Waals surface area contributed by atoms with E-state index in [4.69, 9.17) is 30.8 Å². The van der Waals surface area contributed by atoms with Crippen molar-refractivity contribution in [3.05, 3.63) is 34.7 Å². The van der Waals surface area contributed by atoms with E-state index in [-0.39, 0.29) is 5.91 Å². The number of amides is 1. The van der Waals surface area contributed by atoms with Gasteiger partial charge in [0.25, 0.3) is 0 Å². The number of para-hydroxylation sites is 1. The highest BCUT2D eigenvalue weighted by Crippen LogP contribution is 2.36. The van der Waals surface area contributed by atoms with E-state index in [9.17, 15) is 4.79 Å². The number of methoxy groups -OCH3 is 1. The first-order valence-corrected chi connectivity index (χ1v) is 9.82. The fourth-order valence-corrected chi connectivity index (χ4v) is 3.85. The van der Waals surface area contributed by atoms with Crippen molar-refractivity contribution in [2.45, 2.75) is 32.1 Å². The normalized spacial score (nSPS) is 19.3. The summed E-state index contributed by atoms with van der Waals surface area (Å²) in [6, 6.07) is 5.48. The van der Waals surface area contributed by atoms with Crippen LogP contribution in [0.3, 0.4) is 0 Å². The summed E-state index contributed by atoms with van der Waals surface area (Å²) in [6.45, 7) is 0. The smallest absolute Gasteiger partial charge is 0.243 e. The molecular formula is C16H23ClN2O5S. The van der Waals surface area contributed by atoms with E-state index >= 15 is 0 Å². The molecule has 1 amide bonds. The second kappa shape index (κ2) is 10.4. The summed E-state index contributed by atoms with van der Waals surface area (Å²) in [6.07, 6.45) is 5.78. The minimum absolute atomic E-state index is 0.343. The maximum absolute atomic E-state index is 10.9. The molecule has 3 N–H and O–H groups in total. The molecule has 1 saturated heterocycles. The lowest BCUT2D eigenvalue weighted by atomic mass is 10.1. The summed E-state index contributed by atoms with van der Waals surface area (Å²) in [4.78, 5) is 16.1. The molecule has 0 spiro atoms. The molecule has 7 nitrogen and oxygen atoms in total. The zero-order valence-corrected chi connectivity index (χ0v) is 15.6. The maximum atomic E-state index is 10.9. The van der Waals surface area contributed by atoms with Crippen LogP contribution in [0.15, 0.2) is 24.1 Å². The van der Waals surface area contributed by atoms with Crippen molar-refractivity contribution < 1.29 is 24.0 Å². The van der Waals surface area contributed by atoms with E-state index in [0.717, 1.165) is 37.0 Å². The highest BCUT2D eigenvalue weighted by Gasteiger charge is 2.18. The average molecular weight is 391 g/mol. The lowest BCUT2D eigenvalue weighted by Gasteiger charge is -2.10. The average Bonchev–Trinajstić information content (AvgIpc) is 3.05. The van der Waals surface area contributed by atoms with E-state index < -0.39 is 11.4 Å². The predicted octanol–water partition coefficient (Wildman–Crippen LogP) is 3.49. The van der Waals surface area contributed by atoms with E-state index in [1.54, 1.807) is 24.7 Å². The minimum atomic E-state index is -0.872. The number of carbonyl (C=O) groups excluding carboxylic acids is 1. The molecule has 9 heteroatoms. The van der Waals surface area contributed by atoms with Gasteiger partial charge in [0.2, 0.25) is 11.8 Å². The van der Waals surface area contributed by atoms with Crippen LogP contribution in [0.5, 0.6) is 5.75 Å². The van der Waals surface area contributed by atoms with Crippen LogP contribution < -0.4 is 14.9 Å². The van der Waals surface area contributed by atoms with Crippen molar-refractivity contribution in [2.75, 3.05) is 12.9 Å². The van der Waals surface area contributed by atoms with Crippen LogP contribution in [-0.4, -0.2) is 24.0 Å². The van der Waals surface area contributed by atoms with Gasteiger partial charge in [-0.15, -0.1) is 4.33 Å². The molecule has 0 aromatic heterocycles. The zero-order chi connectivity index (χ0) is 18.1. The summed E-state index contributed by atoms with van der Waals surface area (Å²) in [5.74, 6) is 1.63. The molecule has 140 valence electrons. The largest absolute Gasteiger partial charge is 0.495 e. The molecule has 0 bridgehead atoms. The standard InChI is InChI=1S/C16H23ClN2O5S/c1-22-16-12(7-6-8-13(16)17)11-15-19-25(24-23-15)10-5-3-2-4-9-14(20)18-21/h6-8,11,19,21,25H,2-5,9-10H2,1H3,(H,18,20)/b15-11-. The topological polar surface area (TPSA) is 89.1 Å². The molecule has 2 rings (SSSR count). The summed E-state index contributed by atoms with van der Waals surface area (Å²) in [5, 5.41) is 8.94. The number of carbonyl (C=O) groups is 1. The van der Waals surface area contributed by atoms with Gasteiger partial charge in [-0.1, -0.05) is 36.6 Å². The Labute approximate surface area is 154 Å². The molecular weight excluding hydrogens is 368 g/mol. The van der Waals surface area contributed by atoms with Gasteiger partial charge in [-0.25, -0.2) is 5.48 Å². The molecule has 0 aliphatic carbocycles. The lowest BCUT2D eigenvalue weighted by molar-refractivity contribution is -0.135. The van der Waals surface area contributed by atoms with Gasteiger partial charge in [0.1, 0.15) is 5.75 Å². The quantitative estimate of drug-likeness (QED) is 0.170. The highest BCUT2D eigenvalue weighted by atomic mass is 35.5. The Hall–Kier alpha value is -1.61. The van der Waals surface area contributed by atoms with Gasteiger partial charge in [-0.05, 0) is 30.3 Å². The van der Waals surface area contributed by atoms with Gasteiger partial charge in [0, 0.05) is 23.8 Å². The first kappa shape index (κ1) is 19.7. The summed E-state index contributed by atoms with van der Waals surface area (Å²) < 4.78 is 13.8. The van der Waals surface area contributed by atoms with E-state index in [1.807, 2.05) is 12.1 Å². The Kier molecular flexibility index (Phi) is 8.20. The number of ether oxygens (including phenoxy) is 1. The maximum Gasteiger partial charge on any atom is 0.243 e. The van der Waals surface area contributed by atoms with Crippen molar-refractivity contribution in [3.8, 4) is 5.75 Å². The predicted molar refractivity (Wildman–Crippen MR) is 98.2 cm³/mol. The van der Waals surface area contributed by atoms with Crippen molar-refractivity contribution in [3.63, 3.8) is 0 Å². The molecule has 1 heterocycles. The second-order valence-corrected chi connectivity index (χ2v) is 7.43. The summed E-state index contributed by atoms with van der Waals surface area (Å²) in [5.41, 5.74) is 2.44. The van der Waals surface area contributed by atoms with Crippen LogP contribution in [0.4, 0.5) is 0 Å². The summed E-state index contributed by atoms with van der Waals surface area (Å²) >= 11 is 5.23. The van der Waals surface area contributed by atoms with E-state index in [0.29, 0.717) is 23.1 Å². The lowest BCUT2D eigenvalue weighted by Crippen LogP contribution is -2.17. The van der Waals surface area contributed by atoms with Crippen LogP contribution in [0.2, 0.25) is 5.02 Å². The number of hydroxylamine groups is 1. The Bertz CT molecular complexity index is 614. The fourth-order valence-electron chi connectivity index (χ4n) is 2.34. The van der Waals surface area contributed by atoms with Crippen LogP contribution in [0.1, 0.15) is 37.7 Å². The van der Waals surface area contributed by atoms with Crippen molar-refractivity contribution >= 4 is 34.9 Å². The number of hydrogen-bond donors (Lipinski definition) is 4. The highest BCUT2D eigenvalue weighted by molar-refractivity contribution is 8.11. The van der Waals surface area contributed by atoms with Crippen molar-refractivity contribution in [1.29, 1.82) is 0 Å². The number of halogens is 1. The van der Waals surface area contributed by atoms with Crippen LogP contribution in [-0.2, 0) is 14.0 Å². The Morgan fingerprint density at radius 1 is 1.40 bits per heavy atom. The molecule has 1 unspecified atom stereocenters.